The lowest BCUT2D eigenvalue weighted by Crippen LogP contribution is -2.41. The number of benzene rings is 9. The molecule has 4 heterocycles. The molecule has 3 heteroatoms. The summed E-state index contributed by atoms with van der Waals surface area (Å²) in [5, 5.41) is 5.83. The van der Waals surface area contributed by atoms with E-state index in [1.54, 1.807) is 11.1 Å². The van der Waals surface area contributed by atoms with Gasteiger partial charge >= 0.3 is 0 Å². The van der Waals surface area contributed by atoms with Crippen LogP contribution in [0.25, 0.3) is 127 Å². The van der Waals surface area contributed by atoms with Crippen LogP contribution in [0.5, 0.6) is 0 Å². The molecular weight excluding hydrogens is 1050 g/mol. The Morgan fingerprint density at radius 3 is 1.37 bits per heavy atom. The Balaban J connectivity index is 0.929. The van der Waals surface area contributed by atoms with Gasteiger partial charge in [-0.2, -0.15) is 0 Å². The normalized spacial score (nSPS) is 25.8. The number of nitrogens with zero attached hydrogens (tertiary/aromatic N) is 3. The first-order chi connectivity index (χ1) is 43.1. The van der Waals surface area contributed by atoms with Crippen LogP contribution in [-0.2, 0) is 5.41 Å². The zero-order valence-corrected chi connectivity index (χ0v) is 48.6. The van der Waals surface area contributed by atoms with Crippen molar-refractivity contribution in [3.8, 4) is 89.0 Å². The summed E-state index contributed by atoms with van der Waals surface area (Å²) < 4.78 is 2.78. The van der Waals surface area contributed by atoms with Gasteiger partial charge in [-0.1, -0.05) is 182 Å². The molecular formula is C84H61N3. The molecule has 5 fully saturated rings. The van der Waals surface area contributed by atoms with Gasteiger partial charge in [0.2, 0.25) is 0 Å². The third kappa shape index (κ3) is 5.35. The van der Waals surface area contributed by atoms with Gasteiger partial charge in [-0.15, -0.1) is 0 Å². The van der Waals surface area contributed by atoms with Gasteiger partial charge in [0.05, 0.1) is 34.4 Å². The Bertz CT molecular complexity index is 5280. The largest absolute Gasteiger partial charge is 0.305 e. The topological polar surface area (TPSA) is 30.2 Å². The lowest BCUT2D eigenvalue weighted by atomic mass is 9.56. The summed E-state index contributed by atoms with van der Waals surface area (Å²) in [6.45, 7) is 0. The van der Waals surface area contributed by atoms with Crippen molar-refractivity contribution in [3.63, 3.8) is 0 Å². The van der Waals surface area contributed by atoms with Gasteiger partial charge in [0.15, 0.2) is 0 Å². The molecule has 0 aliphatic heterocycles. The van der Waals surface area contributed by atoms with Crippen LogP contribution in [0.15, 0.2) is 200 Å². The van der Waals surface area contributed by atoms with Crippen LogP contribution in [0.4, 0.5) is 0 Å². The lowest BCUT2D eigenvalue weighted by molar-refractivity contribution is 0.00321. The summed E-state index contributed by atoms with van der Waals surface area (Å²) in [4.78, 5) is 11.7. The van der Waals surface area contributed by atoms with E-state index in [-0.39, 0.29) is 0 Å². The first kappa shape index (κ1) is 46.3. The molecule has 0 N–H and O–H groups in total. The van der Waals surface area contributed by atoms with E-state index in [9.17, 15) is 0 Å². The van der Waals surface area contributed by atoms with Crippen molar-refractivity contribution in [2.75, 3.05) is 0 Å². The molecule has 0 amide bonds. The SMILES string of the molecule is c1ccc2c(c1)-c1ccccc1-c1cccc(-c3cc(-c4cccc5c4-c4ccccc4C54c5ccccc5-c5ccccc54)c4c5c6c(ncc5n5c7cnc8c(c7c3c45)C3CC4CC5CC8CC54C3)C3CC4CC(C3)CC6C4)c1-c1ccccc1-2. The highest BCUT2D eigenvalue weighted by Crippen LogP contribution is 2.77. The maximum atomic E-state index is 5.89. The molecule has 11 aliphatic rings. The van der Waals surface area contributed by atoms with Crippen molar-refractivity contribution in [3.05, 3.63) is 245 Å². The highest BCUT2D eigenvalue weighted by atomic mass is 15.0. The molecule has 13 aromatic rings. The number of hydrogen-bond acceptors (Lipinski definition) is 2. The van der Waals surface area contributed by atoms with Gasteiger partial charge in [-0.25, -0.2) is 0 Å². The predicted octanol–water partition coefficient (Wildman–Crippen LogP) is 21.1. The molecule has 4 aromatic heterocycles. The quantitative estimate of drug-likeness (QED) is 0.173. The average Bonchev–Trinajstić information content (AvgIpc) is 1.53. The van der Waals surface area contributed by atoms with E-state index in [0.29, 0.717) is 29.1 Å². The van der Waals surface area contributed by atoms with Gasteiger partial charge in [0.1, 0.15) is 0 Å². The third-order valence-electron chi connectivity index (χ3n) is 25.7. The molecule has 7 atom stereocenters. The van der Waals surface area contributed by atoms with Crippen molar-refractivity contribution in [2.45, 2.75) is 93.3 Å². The Morgan fingerprint density at radius 2 is 0.747 bits per heavy atom. The Morgan fingerprint density at radius 1 is 0.322 bits per heavy atom. The fourth-order valence-corrected chi connectivity index (χ4v) is 23.0. The van der Waals surface area contributed by atoms with Gasteiger partial charge in [-0.05, 0) is 234 Å². The molecule has 87 heavy (non-hydrogen) atoms. The number of hydrogen-bond donors (Lipinski definition) is 0. The third-order valence-corrected chi connectivity index (χ3v) is 25.7. The highest BCUT2D eigenvalue weighted by Gasteiger charge is 2.66. The van der Waals surface area contributed by atoms with Crippen molar-refractivity contribution < 1.29 is 0 Å². The molecule has 9 aromatic carbocycles. The summed E-state index contributed by atoms with van der Waals surface area (Å²) in [5.41, 5.74) is 36.6. The van der Waals surface area contributed by atoms with Crippen LogP contribution in [0.1, 0.15) is 133 Å². The second-order valence-electron chi connectivity index (χ2n) is 29.0. The maximum Gasteiger partial charge on any atom is 0.0728 e. The van der Waals surface area contributed by atoms with E-state index < -0.39 is 5.41 Å². The molecule has 0 radical (unpaired) electrons. The minimum atomic E-state index is -0.473. The van der Waals surface area contributed by atoms with Crippen molar-refractivity contribution >= 4 is 38.1 Å². The summed E-state index contributed by atoms with van der Waals surface area (Å²) in [5.74, 6) is 5.29. The predicted molar refractivity (Wildman–Crippen MR) is 353 cm³/mol. The summed E-state index contributed by atoms with van der Waals surface area (Å²) in [7, 11) is 0. The maximum absolute atomic E-state index is 5.89. The van der Waals surface area contributed by atoms with Gasteiger partial charge in [0, 0.05) is 44.8 Å². The molecule has 2 spiro atoms. The first-order valence-corrected chi connectivity index (χ1v) is 33.0. The van der Waals surface area contributed by atoms with Crippen LogP contribution < -0.4 is 0 Å². The number of fused-ring (bicyclic) bond motifs is 30. The molecule has 3 nitrogen and oxygen atoms in total. The van der Waals surface area contributed by atoms with Crippen LogP contribution in [0.2, 0.25) is 0 Å². The van der Waals surface area contributed by atoms with E-state index in [2.05, 4.69) is 205 Å². The van der Waals surface area contributed by atoms with Gasteiger partial charge in [0.25, 0.3) is 0 Å². The number of pyridine rings is 2. The second-order valence-corrected chi connectivity index (χ2v) is 29.0. The Hall–Kier alpha value is -8.92. The summed E-state index contributed by atoms with van der Waals surface area (Å²) >= 11 is 0. The standard InChI is InChI=1S/C84H61N3/c1-2-16-53-52(15-1)54-17-3-4-18-56(54)60-24-13-25-61(74(60)59-22-6-5-19-55(53)59)64-39-65(62-26-14-30-69-75(62)63-23-9-12-29-68(63)84(69)66-27-10-7-20-57(66)58-21-8-11-28-67(58)84)77-78-70(42-85-80-47-34-44-31-45(35-47)33-46(32-44)72(78)80)87-71-43-86-81-49-37-51-38-50-36-48(40-83(50,51)41-49)73(81)79(71)76(64)82(77)87/h1-30,39,42-51H,31-38,40-41H2. The van der Waals surface area contributed by atoms with Gasteiger partial charge in [-0.3, -0.25) is 9.97 Å². The first-order valence-electron chi connectivity index (χ1n) is 33.0. The minimum absolute atomic E-state index is 0.473. The fraction of sp³-hybridized carbons (Fsp3) is 0.238. The number of rotatable bonds is 2. The second kappa shape index (κ2) is 15.8. The van der Waals surface area contributed by atoms with E-state index in [1.165, 1.54) is 225 Å². The smallest absolute Gasteiger partial charge is 0.0728 e. The fourth-order valence-electron chi connectivity index (χ4n) is 23.0. The lowest BCUT2D eigenvalue weighted by Gasteiger charge is -2.48. The zero-order chi connectivity index (χ0) is 55.9. The Kier molecular flexibility index (Phi) is 8.41. The van der Waals surface area contributed by atoms with E-state index in [0.717, 1.165) is 23.7 Å². The monoisotopic (exact) mass is 1110 g/mol. The molecule has 11 aliphatic carbocycles. The van der Waals surface area contributed by atoms with E-state index in [1.807, 2.05) is 0 Å². The van der Waals surface area contributed by atoms with Crippen molar-refractivity contribution in [1.29, 1.82) is 0 Å². The molecule has 5 saturated carbocycles. The van der Waals surface area contributed by atoms with Crippen LogP contribution in [-0.4, -0.2) is 14.4 Å². The van der Waals surface area contributed by atoms with E-state index in [4.69, 9.17) is 9.97 Å². The highest BCUT2D eigenvalue weighted by molar-refractivity contribution is 6.33. The van der Waals surface area contributed by atoms with E-state index >= 15 is 0 Å². The Labute approximate surface area is 506 Å². The van der Waals surface area contributed by atoms with Gasteiger partial charge < -0.3 is 4.40 Å². The van der Waals surface area contributed by atoms with Crippen molar-refractivity contribution in [1.82, 2.24) is 14.4 Å². The molecule has 412 valence electrons. The minimum Gasteiger partial charge on any atom is -0.305 e. The average molecular weight is 1110 g/mol. The molecule has 24 rings (SSSR count). The molecule has 7 bridgehead atoms. The zero-order valence-electron chi connectivity index (χ0n) is 48.6. The van der Waals surface area contributed by atoms with Crippen LogP contribution in [0.3, 0.4) is 0 Å². The molecule has 0 saturated heterocycles. The van der Waals surface area contributed by atoms with Crippen LogP contribution >= 0.6 is 0 Å². The van der Waals surface area contributed by atoms with Crippen molar-refractivity contribution in [2.24, 2.45) is 29.1 Å². The number of aromatic nitrogens is 3. The summed E-state index contributed by atoms with van der Waals surface area (Å²) in [6.07, 6.45) is 18.0. The molecule has 7 unspecified atom stereocenters. The van der Waals surface area contributed by atoms with Crippen LogP contribution in [0, 0.1) is 29.1 Å². The summed E-state index contributed by atoms with van der Waals surface area (Å²) in [6, 6.07) is 73.6.